The third-order valence-corrected chi connectivity index (χ3v) is 7.92. The van der Waals surface area contributed by atoms with Gasteiger partial charge >= 0.3 is 0 Å². The summed E-state index contributed by atoms with van der Waals surface area (Å²) >= 11 is 6.61. The lowest BCUT2D eigenvalue weighted by molar-refractivity contribution is 0.103. The number of aryl methyl sites for hydroxylation is 2. The van der Waals surface area contributed by atoms with Gasteiger partial charge in [0.2, 0.25) is 5.78 Å². The van der Waals surface area contributed by atoms with Gasteiger partial charge in [0.1, 0.15) is 23.1 Å². The van der Waals surface area contributed by atoms with Crippen molar-refractivity contribution in [2.24, 2.45) is 5.92 Å². The van der Waals surface area contributed by atoms with Crippen molar-refractivity contribution in [3.63, 3.8) is 0 Å². The fourth-order valence-electron chi connectivity index (χ4n) is 5.30. The lowest BCUT2D eigenvalue weighted by atomic mass is 10.1. The van der Waals surface area contributed by atoms with Gasteiger partial charge in [-0.1, -0.05) is 77.6 Å². The van der Waals surface area contributed by atoms with E-state index in [4.69, 9.17) is 26.8 Å². The number of nitrogens with zero attached hydrogens (tertiary/aromatic N) is 2. The van der Waals surface area contributed by atoms with Crippen LogP contribution in [0, 0.1) is 19.8 Å². The number of ether oxygens (including phenoxy) is 2. The first-order chi connectivity index (χ1) is 22.5. The Morgan fingerprint density at radius 3 is 2.40 bits per heavy atom. The molecule has 0 aliphatic rings. The number of H-pyrrole nitrogens is 1. The molecular weight excluding hydrogens is 608 g/mol. The summed E-state index contributed by atoms with van der Waals surface area (Å²) in [4.78, 5) is 16.8. The SMILES string of the molecule is CC(C)C.CCCCCC(CCC)Oc1cc2cc(C(=O)c3cnn(-c4ccc(Oc5cccc(C)c5)c(C)c4)c3N)[nH]c2cc1Cl. The summed E-state index contributed by atoms with van der Waals surface area (Å²) in [5.41, 5.74) is 10.7. The largest absolute Gasteiger partial charge is 0.489 e. The summed E-state index contributed by atoms with van der Waals surface area (Å²) in [6, 6.07) is 19.1. The van der Waals surface area contributed by atoms with Gasteiger partial charge in [-0.2, -0.15) is 5.10 Å². The number of halogens is 1. The van der Waals surface area contributed by atoms with E-state index in [1.54, 1.807) is 4.68 Å². The molecule has 0 spiro atoms. The van der Waals surface area contributed by atoms with Crippen molar-refractivity contribution in [1.82, 2.24) is 14.8 Å². The number of nitrogens with one attached hydrogen (secondary N) is 1. The van der Waals surface area contributed by atoms with E-state index >= 15 is 0 Å². The van der Waals surface area contributed by atoms with Crippen molar-refractivity contribution in [3.8, 4) is 22.9 Å². The molecule has 0 bridgehead atoms. The molecule has 1 atom stereocenters. The summed E-state index contributed by atoms with van der Waals surface area (Å²) in [5, 5.41) is 5.80. The molecule has 3 N–H and O–H groups in total. The quantitative estimate of drug-likeness (QED) is 0.0971. The van der Waals surface area contributed by atoms with Crippen molar-refractivity contribution >= 4 is 34.1 Å². The highest BCUT2D eigenvalue weighted by Gasteiger charge is 2.21. The maximum Gasteiger partial charge on any atom is 0.214 e. The molecule has 8 heteroatoms. The second-order valence-electron chi connectivity index (χ2n) is 12.9. The van der Waals surface area contributed by atoms with Crippen molar-refractivity contribution in [2.75, 3.05) is 5.73 Å². The van der Waals surface area contributed by atoms with E-state index in [9.17, 15) is 4.79 Å². The molecule has 0 amide bonds. The van der Waals surface area contributed by atoms with Gasteiger partial charge in [-0.05, 0) is 98.7 Å². The highest BCUT2D eigenvalue weighted by atomic mass is 35.5. The fourth-order valence-corrected chi connectivity index (χ4v) is 5.51. The van der Waals surface area contributed by atoms with Crippen LogP contribution in [-0.2, 0) is 0 Å². The van der Waals surface area contributed by atoms with Gasteiger partial charge in [0.15, 0.2) is 0 Å². The predicted molar refractivity (Wildman–Crippen MR) is 195 cm³/mol. The number of carbonyl (C=O) groups is 1. The molecule has 3 aromatic carbocycles. The normalized spacial score (nSPS) is 11.8. The minimum Gasteiger partial charge on any atom is -0.489 e. The Balaban J connectivity index is 0.00000118. The van der Waals surface area contributed by atoms with E-state index in [-0.39, 0.29) is 17.7 Å². The lowest BCUT2D eigenvalue weighted by Gasteiger charge is -2.19. The molecule has 47 heavy (non-hydrogen) atoms. The van der Waals surface area contributed by atoms with Crippen molar-refractivity contribution < 1.29 is 14.3 Å². The molecule has 0 radical (unpaired) electrons. The molecule has 0 aliphatic carbocycles. The van der Waals surface area contributed by atoms with E-state index in [1.165, 1.54) is 19.0 Å². The summed E-state index contributed by atoms with van der Waals surface area (Å²) in [5.74, 6) is 2.98. The Morgan fingerprint density at radius 2 is 1.72 bits per heavy atom. The third kappa shape index (κ3) is 9.41. The second kappa shape index (κ2) is 16.6. The summed E-state index contributed by atoms with van der Waals surface area (Å²) < 4.78 is 14.0. The number of anilines is 1. The van der Waals surface area contributed by atoms with Gasteiger partial charge in [-0.3, -0.25) is 4.79 Å². The molecular formula is C39H49ClN4O3. The van der Waals surface area contributed by atoms with Crippen LogP contribution < -0.4 is 15.2 Å². The number of rotatable bonds is 13. The highest BCUT2D eigenvalue weighted by molar-refractivity contribution is 6.32. The van der Waals surface area contributed by atoms with Crippen LogP contribution in [0.4, 0.5) is 5.82 Å². The summed E-state index contributed by atoms with van der Waals surface area (Å²) in [7, 11) is 0. The molecule has 2 heterocycles. The van der Waals surface area contributed by atoms with Gasteiger partial charge in [-0.25, -0.2) is 4.68 Å². The zero-order chi connectivity index (χ0) is 34.1. The molecule has 7 nitrogen and oxygen atoms in total. The first kappa shape index (κ1) is 35.6. The smallest absolute Gasteiger partial charge is 0.214 e. The molecule has 5 rings (SSSR count). The second-order valence-corrected chi connectivity index (χ2v) is 13.3. The monoisotopic (exact) mass is 656 g/mol. The van der Waals surface area contributed by atoms with Crippen molar-refractivity contribution in [2.45, 2.75) is 93.1 Å². The van der Waals surface area contributed by atoms with E-state index in [0.717, 1.165) is 70.8 Å². The number of benzene rings is 3. The molecule has 5 aromatic rings. The first-order valence-electron chi connectivity index (χ1n) is 16.7. The number of nitrogen functional groups attached to an aromatic ring is 1. The van der Waals surface area contributed by atoms with Crippen LogP contribution in [0.1, 0.15) is 100 Å². The molecule has 250 valence electrons. The molecule has 1 unspecified atom stereocenters. The van der Waals surface area contributed by atoms with Crippen molar-refractivity contribution in [3.05, 3.63) is 94.3 Å². The summed E-state index contributed by atoms with van der Waals surface area (Å²) in [6.45, 7) is 14.9. The van der Waals surface area contributed by atoms with Crippen LogP contribution in [0.3, 0.4) is 0 Å². The van der Waals surface area contributed by atoms with Crippen LogP contribution in [0.2, 0.25) is 5.02 Å². The Bertz CT molecular complexity index is 1790. The van der Waals surface area contributed by atoms with E-state index in [2.05, 4.69) is 44.7 Å². The Morgan fingerprint density at radius 1 is 0.957 bits per heavy atom. The average molecular weight is 657 g/mol. The van der Waals surface area contributed by atoms with Gasteiger partial charge in [-0.15, -0.1) is 0 Å². The first-order valence-corrected chi connectivity index (χ1v) is 17.1. The number of aromatic amines is 1. The van der Waals surface area contributed by atoms with Gasteiger partial charge in [0.05, 0.1) is 34.3 Å². The van der Waals surface area contributed by atoms with E-state index in [1.807, 2.05) is 74.5 Å². The fraction of sp³-hybridized carbons (Fsp3) is 0.385. The number of fused-ring (bicyclic) bond motifs is 1. The Kier molecular flexibility index (Phi) is 12.5. The highest BCUT2D eigenvalue weighted by Crippen LogP contribution is 2.34. The van der Waals surface area contributed by atoms with Gasteiger partial charge in [0, 0.05) is 10.9 Å². The minimum atomic E-state index is -0.252. The van der Waals surface area contributed by atoms with Crippen molar-refractivity contribution in [1.29, 1.82) is 0 Å². The van der Waals surface area contributed by atoms with Gasteiger partial charge < -0.3 is 20.2 Å². The maximum atomic E-state index is 13.6. The standard InChI is InChI=1S/C35H39ClN4O3.C4H10/c1-5-7-8-12-26(10-6-2)42-33-19-24-18-31(39-30(24)20-29(33)36)34(41)28-21-38-40(35(28)37)25-14-15-32(23(4)17-25)43-27-13-9-11-22(3)16-27;1-4(2)3/h9,11,13-21,26,39H,5-8,10,12,37H2,1-4H3;4H,1-3H3. The topological polar surface area (TPSA) is 95.2 Å². The number of unbranched alkanes of at least 4 members (excludes halogenated alkanes) is 2. The maximum absolute atomic E-state index is 13.6. The number of nitrogens with two attached hydrogens (primary N) is 1. The number of hydrogen-bond acceptors (Lipinski definition) is 5. The Labute approximate surface area is 284 Å². The zero-order valence-corrected chi connectivity index (χ0v) is 29.6. The van der Waals surface area contributed by atoms with Crippen LogP contribution in [0.25, 0.3) is 16.6 Å². The molecule has 0 saturated carbocycles. The van der Waals surface area contributed by atoms with Crippen LogP contribution in [0.5, 0.6) is 17.2 Å². The third-order valence-electron chi connectivity index (χ3n) is 7.62. The molecule has 0 saturated heterocycles. The summed E-state index contributed by atoms with van der Waals surface area (Å²) in [6.07, 6.45) is 8.12. The lowest BCUT2D eigenvalue weighted by Crippen LogP contribution is -2.16. The number of ketones is 1. The average Bonchev–Trinajstić information content (AvgIpc) is 3.61. The van der Waals surface area contributed by atoms with Crippen LogP contribution in [-0.4, -0.2) is 26.7 Å². The molecule has 0 fully saturated rings. The number of hydrogen-bond donors (Lipinski definition) is 2. The Hall–Kier alpha value is -4.23. The van der Waals surface area contributed by atoms with Crippen LogP contribution >= 0.6 is 11.6 Å². The number of carbonyl (C=O) groups excluding carboxylic acids is 1. The van der Waals surface area contributed by atoms with E-state index in [0.29, 0.717) is 22.0 Å². The van der Waals surface area contributed by atoms with E-state index < -0.39 is 0 Å². The zero-order valence-electron chi connectivity index (χ0n) is 28.8. The van der Waals surface area contributed by atoms with Gasteiger partial charge in [0.25, 0.3) is 0 Å². The minimum absolute atomic E-state index is 0.115. The van der Waals surface area contributed by atoms with Crippen LogP contribution in [0.15, 0.2) is 66.9 Å². The molecule has 2 aromatic heterocycles. The predicted octanol–water partition coefficient (Wildman–Crippen LogP) is 11.0. The number of aromatic nitrogens is 3. The molecule has 0 aliphatic heterocycles.